The molecule has 116 valence electrons. The molecule has 6 heteroatoms. The summed E-state index contributed by atoms with van der Waals surface area (Å²) in [7, 11) is 0. The second-order valence-corrected chi connectivity index (χ2v) is 5.23. The van der Waals surface area contributed by atoms with E-state index in [2.05, 4.69) is 15.3 Å². The van der Waals surface area contributed by atoms with Gasteiger partial charge in [0.1, 0.15) is 11.6 Å². The molecule has 0 amide bonds. The molecule has 0 bridgehead atoms. The number of anilines is 1. The summed E-state index contributed by atoms with van der Waals surface area (Å²) < 4.78 is 12.9. The molecule has 1 aliphatic rings. The Labute approximate surface area is 146 Å². The summed E-state index contributed by atoms with van der Waals surface area (Å²) in [6.07, 6.45) is 3.58. The number of aromatic nitrogens is 1. The Bertz CT molecular complexity index is 624. The number of nitrogens with zero attached hydrogens (tertiary/aromatic N) is 2. The minimum absolute atomic E-state index is 0. The summed E-state index contributed by atoms with van der Waals surface area (Å²) in [5, 5.41) is 2.97. The molecule has 1 heterocycles. The topological polar surface area (TPSA) is 63.3 Å². The van der Waals surface area contributed by atoms with Crippen LogP contribution in [0.25, 0.3) is 0 Å². The number of rotatable bonds is 3. The molecule has 0 spiro atoms. The number of nitrogens with one attached hydrogen (secondary N) is 1. The molecule has 3 rings (SSSR count). The van der Waals surface area contributed by atoms with Gasteiger partial charge in [0.15, 0.2) is 5.96 Å². The molecular weight excluding hydrogens is 394 g/mol. The largest absolute Gasteiger partial charge is 0.370 e. The third-order valence-electron chi connectivity index (χ3n) is 3.70. The van der Waals surface area contributed by atoms with Crippen LogP contribution in [-0.4, -0.2) is 17.0 Å². The van der Waals surface area contributed by atoms with Crippen molar-refractivity contribution in [2.45, 2.75) is 24.8 Å². The van der Waals surface area contributed by atoms with Gasteiger partial charge in [-0.1, -0.05) is 18.2 Å². The third-order valence-corrected chi connectivity index (χ3v) is 3.70. The Balaban J connectivity index is 0.00000176. The van der Waals surface area contributed by atoms with Crippen molar-refractivity contribution < 1.29 is 4.39 Å². The van der Waals surface area contributed by atoms with Crippen molar-refractivity contribution in [1.82, 2.24) is 4.98 Å². The summed E-state index contributed by atoms with van der Waals surface area (Å²) in [4.78, 5) is 8.57. The average molecular weight is 412 g/mol. The third kappa shape index (κ3) is 4.16. The lowest BCUT2D eigenvalue weighted by atomic mass is 9.76. The van der Waals surface area contributed by atoms with Crippen molar-refractivity contribution >= 4 is 35.8 Å². The number of guanidine groups is 1. The van der Waals surface area contributed by atoms with Gasteiger partial charge < -0.3 is 11.1 Å². The first-order valence-electron chi connectivity index (χ1n) is 6.97. The predicted molar refractivity (Wildman–Crippen MR) is 97.1 cm³/mol. The lowest BCUT2D eigenvalue weighted by Gasteiger charge is -2.33. The van der Waals surface area contributed by atoms with Crippen LogP contribution >= 0.6 is 24.0 Å². The Morgan fingerprint density at radius 1 is 1.18 bits per heavy atom. The van der Waals surface area contributed by atoms with E-state index in [0.717, 1.165) is 12.8 Å². The number of pyridine rings is 1. The maximum atomic E-state index is 12.9. The molecule has 0 unspecified atom stereocenters. The molecule has 1 saturated carbocycles. The fourth-order valence-electron chi connectivity index (χ4n) is 2.50. The molecule has 1 aromatic heterocycles. The fourth-order valence-corrected chi connectivity index (χ4v) is 2.50. The van der Waals surface area contributed by atoms with E-state index in [1.54, 1.807) is 6.20 Å². The molecule has 4 nitrogen and oxygen atoms in total. The number of nitrogens with two attached hydrogens (primary N) is 1. The molecule has 2 aromatic rings. The first-order chi connectivity index (χ1) is 10.2. The monoisotopic (exact) mass is 412 g/mol. The quantitative estimate of drug-likeness (QED) is 0.461. The van der Waals surface area contributed by atoms with E-state index in [-0.39, 0.29) is 35.8 Å². The summed E-state index contributed by atoms with van der Waals surface area (Å²) >= 11 is 0. The van der Waals surface area contributed by atoms with Gasteiger partial charge in [-0.25, -0.2) is 14.4 Å². The predicted octanol–water partition coefficient (Wildman–Crippen LogP) is 3.51. The van der Waals surface area contributed by atoms with E-state index >= 15 is 0 Å². The lowest BCUT2D eigenvalue weighted by Crippen LogP contribution is -2.31. The maximum absolute atomic E-state index is 12.9. The number of benzene rings is 1. The van der Waals surface area contributed by atoms with Gasteiger partial charge in [-0.15, -0.1) is 24.0 Å². The van der Waals surface area contributed by atoms with Gasteiger partial charge in [0.05, 0.1) is 6.04 Å². The zero-order chi connectivity index (χ0) is 14.7. The van der Waals surface area contributed by atoms with Crippen molar-refractivity contribution in [2.75, 3.05) is 5.32 Å². The number of hydrogen-bond acceptors (Lipinski definition) is 2. The average Bonchev–Trinajstić information content (AvgIpc) is 2.45. The number of halogens is 2. The molecular formula is C16H18FIN4. The van der Waals surface area contributed by atoms with Crippen LogP contribution in [0.15, 0.2) is 53.7 Å². The van der Waals surface area contributed by atoms with Gasteiger partial charge in [-0.05, 0) is 48.6 Å². The van der Waals surface area contributed by atoms with Crippen molar-refractivity contribution in [3.63, 3.8) is 0 Å². The Morgan fingerprint density at radius 2 is 1.91 bits per heavy atom. The van der Waals surface area contributed by atoms with Crippen LogP contribution in [0.3, 0.4) is 0 Å². The van der Waals surface area contributed by atoms with E-state index in [9.17, 15) is 4.39 Å². The van der Waals surface area contributed by atoms with Crippen molar-refractivity contribution in [2.24, 2.45) is 10.7 Å². The van der Waals surface area contributed by atoms with E-state index in [1.807, 2.05) is 30.3 Å². The Kier molecular flexibility index (Phi) is 5.70. The number of hydrogen-bond donors (Lipinski definition) is 2. The summed E-state index contributed by atoms with van der Waals surface area (Å²) in [6, 6.07) is 12.5. The van der Waals surface area contributed by atoms with E-state index < -0.39 is 0 Å². The molecule has 0 radical (unpaired) electrons. The van der Waals surface area contributed by atoms with Crippen LogP contribution in [0, 0.1) is 5.82 Å². The van der Waals surface area contributed by atoms with Gasteiger partial charge in [0, 0.05) is 6.20 Å². The maximum Gasteiger partial charge on any atom is 0.194 e. The number of aliphatic imine (C=N–C) groups is 1. The van der Waals surface area contributed by atoms with E-state index in [1.165, 1.54) is 17.7 Å². The highest BCUT2D eigenvalue weighted by molar-refractivity contribution is 14.0. The van der Waals surface area contributed by atoms with E-state index in [4.69, 9.17) is 5.73 Å². The normalized spacial score (nSPS) is 20.7. The second-order valence-electron chi connectivity index (χ2n) is 5.23. The van der Waals surface area contributed by atoms with Crippen LogP contribution in [0.2, 0.25) is 0 Å². The molecule has 0 atom stereocenters. The Morgan fingerprint density at radius 3 is 2.55 bits per heavy atom. The Hall–Kier alpha value is -1.70. The first kappa shape index (κ1) is 16.7. The fraction of sp³-hybridized carbons (Fsp3) is 0.250. The highest BCUT2D eigenvalue weighted by Crippen LogP contribution is 2.38. The summed E-state index contributed by atoms with van der Waals surface area (Å²) in [5.41, 5.74) is 7.04. The zero-order valence-corrected chi connectivity index (χ0v) is 14.3. The lowest BCUT2D eigenvalue weighted by molar-refractivity contribution is 0.353. The minimum Gasteiger partial charge on any atom is -0.370 e. The van der Waals surface area contributed by atoms with Crippen molar-refractivity contribution in [3.05, 3.63) is 60.0 Å². The molecule has 0 saturated heterocycles. The van der Waals surface area contributed by atoms with Gasteiger partial charge in [0.25, 0.3) is 0 Å². The van der Waals surface area contributed by atoms with Crippen LogP contribution in [0.5, 0.6) is 0 Å². The highest BCUT2D eigenvalue weighted by Gasteiger charge is 2.30. The summed E-state index contributed by atoms with van der Waals surface area (Å²) in [5.74, 6) is 1.32. The molecule has 22 heavy (non-hydrogen) atoms. The zero-order valence-electron chi connectivity index (χ0n) is 11.9. The van der Waals surface area contributed by atoms with Gasteiger partial charge in [-0.2, -0.15) is 0 Å². The smallest absolute Gasteiger partial charge is 0.194 e. The molecule has 1 aliphatic carbocycles. The SMILES string of the molecule is I.NC(=NC1CC(c2ccc(F)cc2)C1)Nc1ccccn1. The van der Waals surface area contributed by atoms with Crippen LogP contribution in [0.4, 0.5) is 10.2 Å². The molecule has 1 fully saturated rings. The molecule has 1 aromatic carbocycles. The van der Waals surface area contributed by atoms with Crippen molar-refractivity contribution in [3.8, 4) is 0 Å². The molecule has 3 N–H and O–H groups in total. The second kappa shape index (κ2) is 7.53. The summed E-state index contributed by atoms with van der Waals surface area (Å²) in [6.45, 7) is 0. The van der Waals surface area contributed by atoms with Gasteiger partial charge in [0.2, 0.25) is 0 Å². The van der Waals surface area contributed by atoms with Crippen molar-refractivity contribution in [1.29, 1.82) is 0 Å². The minimum atomic E-state index is -0.198. The van der Waals surface area contributed by atoms with Crippen LogP contribution in [-0.2, 0) is 0 Å². The van der Waals surface area contributed by atoms with E-state index in [0.29, 0.717) is 17.7 Å². The van der Waals surface area contributed by atoms with Crippen LogP contribution in [0.1, 0.15) is 24.3 Å². The highest BCUT2D eigenvalue weighted by atomic mass is 127. The van der Waals surface area contributed by atoms with Gasteiger partial charge >= 0.3 is 0 Å². The van der Waals surface area contributed by atoms with Crippen LogP contribution < -0.4 is 11.1 Å². The first-order valence-corrected chi connectivity index (χ1v) is 6.97. The standard InChI is InChI=1S/C16H17FN4.HI/c17-13-6-4-11(5-7-13)12-9-14(10-12)20-16(18)21-15-3-1-2-8-19-15;/h1-8,12,14H,9-10H2,(H3,18,19,20,21);1H. The van der Waals surface area contributed by atoms with Gasteiger partial charge in [-0.3, -0.25) is 0 Å². The molecule has 0 aliphatic heterocycles.